The molecule has 6 aliphatic rings. The third kappa shape index (κ3) is 3.94. The molecule has 4 unspecified atom stereocenters. The van der Waals surface area contributed by atoms with Crippen LogP contribution < -0.4 is 4.90 Å². The van der Waals surface area contributed by atoms with Crippen molar-refractivity contribution in [3.63, 3.8) is 0 Å². The van der Waals surface area contributed by atoms with Gasteiger partial charge < -0.3 is 9.32 Å². The lowest BCUT2D eigenvalue weighted by molar-refractivity contribution is 0.0426. The molecule has 2 spiro atoms. The van der Waals surface area contributed by atoms with Crippen molar-refractivity contribution in [3.05, 3.63) is 150 Å². The van der Waals surface area contributed by atoms with Crippen molar-refractivity contribution in [2.75, 3.05) is 4.90 Å². The van der Waals surface area contributed by atoms with Crippen LogP contribution in [0.4, 0.5) is 17.1 Å². The highest BCUT2D eigenvalue weighted by Crippen LogP contribution is 2.68. The van der Waals surface area contributed by atoms with Crippen LogP contribution >= 0.6 is 0 Å². The number of anilines is 3. The van der Waals surface area contributed by atoms with E-state index in [9.17, 15) is 0 Å². The Labute approximate surface area is 330 Å². The summed E-state index contributed by atoms with van der Waals surface area (Å²) in [4.78, 5) is 2.66. The molecule has 4 bridgehead atoms. The Balaban J connectivity index is 1.10. The molecule has 4 saturated carbocycles. The van der Waals surface area contributed by atoms with Gasteiger partial charge in [0.25, 0.3) is 0 Å². The van der Waals surface area contributed by atoms with Gasteiger partial charge in [0.15, 0.2) is 0 Å². The van der Waals surface area contributed by atoms with Gasteiger partial charge in [0.05, 0.1) is 16.8 Å². The molecule has 2 heteroatoms. The van der Waals surface area contributed by atoms with Gasteiger partial charge in [-0.15, -0.1) is 0 Å². The molecule has 0 aliphatic heterocycles. The quantitative estimate of drug-likeness (QED) is 0.180. The summed E-state index contributed by atoms with van der Waals surface area (Å²) in [5, 5.41) is 2.36. The zero-order valence-electron chi connectivity index (χ0n) is 32.6. The second kappa shape index (κ2) is 11.3. The van der Waals surface area contributed by atoms with E-state index in [0.717, 1.165) is 28.9 Å². The monoisotopic (exact) mass is 727 g/mol. The number of fused-ring (bicyclic) bond motifs is 19. The second-order valence-corrected chi connectivity index (χ2v) is 19.0. The Morgan fingerprint density at radius 1 is 0.554 bits per heavy atom. The predicted octanol–water partition coefficient (Wildman–Crippen LogP) is 14.5. The van der Waals surface area contributed by atoms with Crippen LogP contribution in [0.3, 0.4) is 0 Å². The van der Waals surface area contributed by atoms with Crippen LogP contribution in [-0.2, 0) is 10.8 Å². The first-order chi connectivity index (χ1) is 27.5. The Morgan fingerprint density at radius 2 is 1.29 bits per heavy atom. The van der Waals surface area contributed by atoms with Gasteiger partial charge in [-0.25, -0.2) is 0 Å². The minimum Gasteiger partial charge on any atom is -0.456 e. The van der Waals surface area contributed by atoms with Gasteiger partial charge in [0.2, 0.25) is 0 Å². The van der Waals surface area contributed by atoms with Gasteiger partial charge in [-0.05, 0) is 156 Å². The van der Waals surface area contributed by atoms with Crippen LogP contribution in [0, 0.1) is 35.5 Å². The van der Waals surface area contributed by atoms with Crippen LogP contribution in [0.2, 0.25) is 0 Å². The fraction of sp³-hybridized carbons (Fsp3) is 0.333. The molecule has 2 nitrogen and oxygen atoms in total. The zero-order chi connectivity index (χ0) is 36.9. The molecule has 1 heterocycles. The molecule has 276 valence electrons. The summed E-state index contributed by atoms with van der Waals surface area (Å²) in [5.41, 5.74) is 17.8. The maximum Gasteiger partial charge on any atom is 0.137 e. The molecule has 4 fully saturated rings. The molecule has 0 N–H and O–H groups in total. The highest BCUT2D eigenvalue weighted by atomic mass is 16.3. The van der Waals surface area contributed by atoms with Gasteiger partial charge in [0.1, 0.15) is 11.2 Å². The summed E-state index contributed by atoms with van der Waals surface area (Å²) >= 11 is 0. The Morgan fingerprint density at radius 3 is 2.16 bits per heavy atom. The first kappa shape index (κ1) is 32.1. The van der Waals surface area contributed by atoms with Gasteiger partial charge >= 0.3 is 0 Å². The van der Waals surface area contributed by atoms with Crippen LogP contribution in [0.1, 0.15) is 87.5 Å². The molecule has 0 radical (unpaired) electrons. The zero-order valence-corrected chi connectivity index (χ0v) is 32.6. The molecular weight excluding hydrogens is 679 g/mol. The Bertz CT molecular complexity index is 2770. The molecule has 6 aliphatic carbocycles. The van der Waals surface area contributed by atoms with Gasteiger partial charge in [-0.3, -0.25) is 0 Å². The van der Waals surface area contributed by atoms with E-state index in [0.29, 0.717) is 17.8 Å². The van der Waals surface area contributed by atoms with Crippen molar-refractivity contribution >= 4 is 39.0 Å². The second-order valence-electron chi connectivity index (χ2n) is 19.0. The number of para-hydroxylation sites is 1. The fourth-order valence-corrected chi connectivity index (χ4v) is 14.8. The van der Waals surface area contributed by atoms with E-state index < -0.39 is 0 Å². The molecule has 0 saturated heterocycles. The van der Waals surface area contributed by atoms with E-state index in [-0.39, 0.29) is 10.8 Å². The summed E-state index contributed by atoms with van der Waals surface area (Å²) in [6.07, 6.45) is 10.8. The van der Waals surface area contributed by atoms with Crippen LogP contribution in [0.5, 0.6) is 0 Å². The third-order valence-corrected chi connectivity index (χ3v) is 16.4. The van der Waals surface area contributed by atoms with E-state index in [2.05, 4.69) is 146 Å². The van der Waals surface area contributed by atoms with Gasteiger partial charge in [-0.2, -0.15) is 0 Å². The fourth-order valence-electron chi connectivity index (χ4n) is 14.8. The summed E-state index contributed by atoms with van der Waals surface area (Å²) in [6.45, 7) is 5.12. The molecule has 1 aromatic heterocycles. The Hall–Kier alpha value is -5.08. The number of rotatable bonds is 3. The number of benzene rings is 6. The minimum atomic E-state index is 0.0276. The number of furan rings is 1. The van der Waals surface area contributed by atoms with Gasteiger partial charge in [-0.1, -0.05) is 111 Å². The number of hydrogen-bond acceptors (Lipinski definition) is 2. The first-order valence-corrected chi connectivity index (χ1v) is 21.7. The van der Waals surface area contributed by atoms with E-state index in [4.69, 9.17) is 4.42 Å². The molecule has 56 heavy (non-hydrogen) atoms. The maximum atomic E-state index is 6.62. The summed E-state index contributed by atoms with van der Waals surface area (Å²) in [7, 11) is 0. The lowest BCUT2D eigenvalue weighted by atomic mass is 9.49. The largest absolute Gasteiger partial charge is 0.456 e. The average molecular weight is 728 g/mol. The average Bonchev–Trinajstić information content (AvgIpc) is 4.04. The third-order valence-electron chi connectivity index (χ3n) is 16.4. The van der Waals surface area contributed by atoms with Crippen molar-refractivity contribution in [1.29, 1.82) is 0 Å². The minimum absolute atomic E-state index is 0.0276. The normalized spacial score (nSPS) is 30.2. The highest BCUT2D eigenvalue weighted by Gasteiger charge is 2.58. The molecular formula is C54H49NO. The van der Waals surface area contributed by atoms with Crippen LogP contribution in [0.15, 0.2) is 132 Å². The lowest BCUT2D eigenvalue weighted by Gasteiger charge is -2.54. The van der Waals surface area contributed by atoms with Crippen molar-refractivity contribution in [3.8, 4) is 22.3 Å². The molecule has 8 atom stereocenters. The van der Waals surface area contributed by atoms with Crippen molar-refractivity contribution in [2.24, 2.45) is 35.5 Å². The maximum absolute atomic E-state index is 6.62. The standard InChI is InChI=1S/C54H49NO/c1-32-25-35-27-33(2)54(37(26-32)29-35)44-15-7-4-12-41(44)51-45(54)16-9-17-47(51)55(48-18-10-20-50-52(48)42-13-5-8-19-49(42)56-50)38-23-24-40-39-11-3-6-14-43(39)53(46(40)30-38)31-34-21-22-36(53)28-34/h3-20,23-24,30,32-37H,21-22,25-29,31H2,1-2H3/t32-,33+,34?,35?,36?,37+,53?,54-/m1/s1. The molecule has 13 rings (SSSR count). The predicted molar refractivity (Wildman–Crippen MR) is 230 cm³/mol. The first-order valence-electron chi connectivity index (χ1n) is 21.7. The van der Waals surface area contributed by atoms with Crippen LogP contribution in [0.25, 0.3) is 44.2 Å². The van der Waals surface area contributed by atoms with Crippen LogP contribution in [-0.4, -0.2) is 0 Å². The molecule has 7 aromatic rings. The summed E-state index contributed by atoms with van der Waals surface area (Å²) in [6, 6.07) is 49.2. The number of nitrogens with zero attached hydrogens (tertiary/aromatic N) is 1. The summed E-state index contributed by atoms with van der Waals surface area (Å²) < 4.78 is 6.62. The highest BCUT2D eigenvalue weighted by molar-refractivity contribution is 6.14. The molecule has 0 amide bonds. The smallest absolute Gasteiger partial charge is 0.137 e. The lowest BCUT2D eigenvalue weighted by Crippen LogP contribution is -2.49. The topological polar surface area (TPSA) is 16.4 Å². The van der Waals surface area contributed by atoms with E-state index in [1.165, 1.54) is 101 Å². The van der Waals surface area contributed by atoms with E-state index in [1.54, 1.807) is 22.3 Å². The number of hydrogen-bond donors (Lipinski definition) is 0. The molecule has 6 aromatic carbocycles. The van der Waals surface area contributed by atoms with Crippen molar-refractivity contribution in [1.82, 2.24) is 0 Å². The van der Waals surface area contributed by atoms with Crippen molar-refractivity contribution in [2.45, 2.75) is 76.0 Å². The van der Waals surface area contributed by atoms with Gasteiger partial charge in [0, 0.05) is 27.5 Å². The summed E-state index contributed by atoms with van der Waals surface area (Å²) in [5.74, 6) is 4.41. The SMILES string of the molecule is C[C@@H]1CC2C[C@H](C1)[C@@]1(c3ccccc3-c3c(N(c4ccc5c(c4)C4(CC6CCC4C6)c4ccccc4-5)c4cccc5oc6ccccc6c45)cccc31)[C@@H](C)C2. The van der Waals surface area contributed by atoms with Crippen molar-refractivity contribution < 1.29 is 4.42 Å². The Kier molecular flexibility index (Phi) is 6.46. The van der Waals surface area contributed by atoms with E-state index >= 15 is 0 Å². The van der Waals surface area contributed by atoms with E-state index in [1.807, 2.05) is 0 Å².